The Hall–Kier alpha value is -1.55. The molecule has 1 saturated carbocycles. The first-order valence-corrected chi connectivity index (χ1v) is 5.88. The Morgan fingerprint density at radius 1 is 1.53 bits per heavy atom. The molecule has 1 amide bonds. The zero-order valence-corrected chi connectivity index (χ0v) is 9.99. The van der Waals surface area contributed by atoms with E-state index in [1.54, 1.807) is 12.1 Å². The summed E-state index contributed by atoms with van der Waals surface area (Å²) in [4.78, 5) is 12.0. The van der Waals surface area contributed by atoms with Crippen molar-refractivity contribution < 1.29 is 9.90 Å². The predicted molar refractivity (Wildman–Crippen MR) is 65.9 cm³/mol. The highest BCUT2D eigenvalue weighted by molar-refractivity contribution is 5.97. The number of hydrogen-bond donors (Lipinski definition) is 3. The highest BCUT2D eigenvalue weighted by Crippen LogP contribution is 2.31. The van der Waals surface area contributed by atoms with Crippen molar-refractivity contribution in [2.75, 3.05) is 6.54 Å². The van der Waals surface area contributed by atoms with E-state index in [4.69, 9.17) is 5.73 Å². The van der Waals surface area contributed by atoms with Crippen LogP contribution in [-0.2, 0) is 0 Å². The number of aryl methyl sites for hydroxylation is 1. The molecule has 0 unspecified atom stereocenters. The fourth-order valence-electron chi connectivity index (χ4n) is 2.13. The second-order valence-electron chi connectivity index (χ2n) is 4.81. The molecular weight excluding hydrogens is 216 g/mol. The zero-order chi connectivity index (χ0) is 12.5. The fourth-order valence-corrected chi connectivity index (χ4v) is 2.13. The third-order valence-electron chi connectivity index (χ3n) is 3.48. The molecule has 4 heteroatoms. The molecule has 2 rings (SSSR count). The van der Waals surface area contributed by atoms with Gasteiger partial charge in [-0.1, -0.05) is 6.07 Å². The second kappa shape index (κ2) is 4.37. The van der Waals surface area contributed by atoms with E-state index in [2.05, 4.69) is 5.32 Å². The van der Waals surface area contributed by atoms with Gasteiger partial charge >= 0.3 is 0 Å². The smallest absolute Gasteiger partial charge is 0.255 e. The largest absolute Gasteiger partial charge is 0.507 e. The van der Waals surface area contributed by atoms with Crippen molar-refractivity contribution in [2.24, 2.45) is 5.73 Å². The highest BCUT2D eigenvalue weighted by atomic mass is 16.3. The minimum Gasteiger partial charge on any atom is -0.507 e. The average molecular weight is 234 g/mol. The monoisotopic (exact) mass is 234 g/mol. The van der Waals surface area contributed by atoms with E-state index in [1.807, 2.05) is 13.0 Å². The van der Waals surface area contributed by atoms with Gasteiger partial charge in [-0.3, -0.25) is 4.79 Å². The molecule has 92 valence electrons. The summed E-state index contributed by atoms with van der Waals surface area (Å²) in [7, 11) is 0. The number of aromatic hydroxyl groups is 1. The number of carbonyl (C=O) groups is 1. The van der Waals surface area contributed by atoms with Crippen molar-refractivity contribution in [1.82, 2.24) is 5.32 Å². The van der Waals surface area contributed by atoms with Crippen LogP contribution in [0, 0.1) is 6.92 Å². The molecule has 17 heavy (non-hydrogen) atoms. The van der Waals surface area contributed by atoms with Gasteiger partial charge in [0.2, 0.25) is 0 Å². The number of nitrogens with two attached hydrogens (primary N) is 1. The Morgan fingerprint density at radius 3 is 2.71 bits per heavy atom. The van der Waals surface area contributed by atoms with Crippen molar-refractivity contribution in [3.8, 4) is 5.75 Å². The van der Waals surface area contributed by atoms with Crippen LogP contribution in [0.3, 0.4) is 0 Å². The lowest BCUT2D eigenvalue weighted by Crippen LogP contribution is -2.58. The third-order valence-corrected chi connectivity index (χ3v) is 3.48. The summed E-state index contributed by atoms with van der Waals surface area (Å²) >= 11 is 0. The van der Waals surface area contributed by atoms with E-state index in [1.165, 1.54) is 0 Å². The van der Waals surface area contributed by atoms with Crippen molar-refractivity contribution >= 4 is 5.91 Å². The number of phenols is 1. The third kappa shape index (κ3) is 2.26. The highest BCUT2D eigenvalue weighted by Gasteiger charge is 2.37. The first-order chi connectivity index (χ1) is 8.06. The molecule has 1 aromatic carbocycles. The Morgan fingerprint density at radius 2 is 2.24 bits per heavy atom. The Bertz CT molecular complexity index is 434. The molecule has 1 aliphatic rings. The maximum Gasteiger partial charge on any atom is 0.255 e. The van der Waals surface area contributed by atoms with Crippen LogP contribution in [0.5, 0.6) is 5.75 Å². The minimum absolute atomic E-state index is 0.0222. The number of benzene rings is 1. The first-order valence-electron chi connectivity index (χ1n) is 5.88. The first kappa shape index (κ1) is 11.9. The summed E-state index contributed by atoms with van der Waals surface area (Å²) in [6.45, 7) is 2.32. The molecule has 0 radical (unpaired) electrons. The lowest BCUT2D eigenvalue weighted by Gasteiger charge is -2.41. The zero-order valence-electron chi connectivity index (χ0n) is 9.99. The molecule has 0 heterocycles. The maximum absolute atomic E-state index is 12.0. The molecule has 1 aliphatic carbocycles. The van der Waals surface area contributed by atoms with Gasteiger partial charge in [0.05, 0.1) is 11.1 Å². The number of amides is 1. The van der Waals surface area contributed by atoms with Crippen molar-refractivity contribution in [1.29, 1.82) is 0 Å². The van der Waals surface area contributed by atoms with Crippen molar-refractivity contribution in [3.05, 3.63) is 29.3 Å². The van der Waals surface area contributed by atoms with Crippen LogP contribution >= 0.6 is 0 Å². The summed E-state index contributed by atoms with van der Waals surface area (Å²) in [5.74, 6) is -0.221. The number of nitrogens with one attached hydrogen (secondary N) is 1. The van der Waals surface area contributed by atoms with Gasteiger partial charge in [0.15, 0.2) is 0 Å². The number of phenolic OH excluding ortho intramolecular Hbond substituents is 1. The molecule has 0 aliphatic heterocycles. The van der Waals surface area contributed by atoms with Gasteiger partial charge in [0, 0.05) is 6.54 Å². The van der Waals surface area contributed by atoms with Gasteiger partial charge in [-0.05, 0) is 43.9 Å². The van der Waals surface area contributed by atoms with Gasteiger partial charge < -0.3 is 16.2 Å². The molecule has 4 nitrogen and oxygen atoms in total. The fraction of sp³-hybridized carbons (Fsp3) is 0.462. The standard InChI is InChI=1S/C13H18N2O2/c1-9-3-4-10(11(16)7-9)12(17)15-13(8-14)5-2-6-13/h3-4,7,16H,2,5-6,8,14H2,1H3,(H,15,17). The topological polar surface area (TPSA) is 75.4 Å². The van der Waals surface area contributed by atoms with E-state index < -0.39 is 0 Å². The lowest BCUT2D eigenvalue weighted by molar-refractivity contribution is 0.0835. The molecule has 1 fully saturated rings. The lowest BCUT2D eigenvalue weighted by atomic mass is 9.76. The van der Waals surface area contributed by atoms with E-state index in [0.717, 1.165) is 24.8 Å². The van der Waals surface area contributed by atoms with Crippen LogP contribution in [0.15, 0.2) is 18.2 Å². The summed E-state index contributed by atoms with van der Waals surface area (Å²) in [5.41, 5.74) is 6.67. The van der Waals surface area contributed by atoms with Crippen molar-refractivity contribution in [3.63, 3.8) is 0 Å². The SMILES string of the molecule is Cc1ccc(C(=O)NC2(CN)CCC2)c(O)c1. The summed E-state index contributed by atoms with van der Waals surface area (Å²) in [6, 6.07) is 5.04. The van der Waals surface area contributed by atoms with E-state index >= 15 is 0 Å². The maximum atomic E-state index is 12.0. The van der Waals surface area contributed by atoms with Crippen LogP contribution in [0.1, 0.15) is 35.2 Å². The molecule has 0 bridgehead atoms. The summed E-state index contributed by atoms with van der Waals surface area (Å²) in [6.07, 6.45) is 2.93. The van der Waals surface area contributed by atoms with Gasteiger partial charge in [-0.2, -0.15) is 0 Å². The molecule has 0 saturated heterocycles. The summed E-state index contributed by atoms with van der Waals surface area (Å²) < 4.78 is 0. The molecule has 0 atom stereocenters. The van der Waals surface area contributed by atoms with E-state index in [9.17, 15) is 9.90 Å². The second-order valence-corrected chi connectivity index (χ2v) is 4.81. The molecule has 1 aromatic rings. The molecule has 0 spiro atoms. The number of rotatable bonds is 3. The number of carbonyl (C=O) groups excluding carboxylic acids is 1. The van der Waals surface area contributed by atoms with Crippen LogP contribution < -0.4 is 11.1 Å². The quantitative estimate of drug-likeness (QED) is 0.738. The van der Waals surface area contributed by atoms with Crippen LogP contribution in [0.25, 0.3) is 0 Å². The molecular formula is C13H18N2O2. The van der Waals surface area contributed by atoms with Crippen LogP contribution in [0.2, 0.25) is 0 Å². The van der Waals surface area contributed by atoms with Gasteiger partial charge in [-0.15, -0.1) is 0 Å². The Balaban J connectivity index is 2.14. The molecule has 4 N–H and O–H groups in total. The number of hydrogen-bond acceptors (Lipinski definition) is 3. The van der Waals surface area contributed by atoms with E-state index in [-0.39, 0.29) is 17.2 Å². The minimum atomic E-state index is -0.256. The van der Waals surface area contributed by atoms with E-state index in [0.29, 0.717) is 12.1 Å². The Labute approximate surface area is 101 Å². The summed E-state index contributed by atoms with van der Waals surface area (Å²) in [5, 5.41) is 12.7. The van der Waals surface area contributed by atoms with Gasteiger partial charge in [0.1, 0.15) is 5.75 Å². The van der Waals surface area contributed by atoms with Gasteiger partial charge in [0.25, 0.3) is 5.91 Å². The van der Waals surface area contributed by atoms with Crippen LogP contribution in [0.4, 0.5) is 0 Å². The Kier molecular flexibility index (Phi) is 3.07. The predicted octanol–water partition coefficient (Wildman–Crippen LogP) is 1.31. The average Bonchev–Trinajstić information content (AvgIpc) is 2.23. The van der Waals surface area contributed by atoms with Crippen molar-refractivity contribution in [2.45, 2.75) is 31.7 Å². The van der Waals surface area contributed by atoms with Crippen LogP contribution in [-0.4, -0.2) is 23.1 Å². The molecule has 0 aromatic heterocycles. The normalized spacial score (nSPS) is 17.3. The van der Waals surface area contributed by atoms with Gasteiger partial charge in [-0.25, -0.2) is 0 Å².